The van der Waals surface area contributed by atoms with Crippen LogP contribution in [-0.4, -0.2) is 37.5 Å². The summed E-state index contributed by atoms with van der Waals surface area (Å²) in [5, 5.41) is 0. The number of carbonyl (C=O) groups excluding carboxylic acids is 1. The molecular formula is C14H18ClNO3. The van der Waals surface area contributed by atoms with Gasteiger partial charge >= 0.3 is 0 Å². The third kappa shape index (κ3) is 2.78. The molecule has 0 N–H and O–H groups in total. The lowest BCUT2D eigenvalue weighted by molar-refractivity contribution is -0.129. The van der Waals surface area contributed by atoms with Gasteiger partial charge in [0.25, 0.3) is 0 Å². The number of benzene rings is 1. The minimum absolute atomic E-state index is 0.0228. The van der Waals surface area contributed by atoms with Crippen LogP contribution in [0.5, 0.6) is 11.5 Å². The van der Waals surface area contributed by atoms with Crippen molar-refractivity contribution < 1.29 is 14.3 Å². The fourth-order valence-electron chi connectivity index (χ4n) is 2.56. The molecule has 0 spiro atoms. The maximum absolute atomic E-state index is 11.8. The molecule has 1 aromatic rings. The average Bonchev–Trinajstić information content (AvgIpc) is 2.94. The lowest BCUT2D eigenvalue weighted by Gasteiger charge is -2.25. The molecule has 5 heteroatoms. The van der Waals surface area contributed by atoms with Crippen molar-refractivity contribution in [1.29, 1.82) is 0 Å². The molecular weight excluding hydrogens is 266 g/mol. The van der Waals surface area contributed by atoms with Crippen LogP contribution in [0.2, 0.25) is 0 Å². The Balaban J connectivity index is 2.32. The second-order valence-electron chi connectivity index (χ2n) is 4.49. The minimum atomic E-state index is -0.0259. The monoisotopic (exact) mass is 283 g/mol. The Kier molecular flexibility index (Phi) is 4.53. The van der Waals surface area contributed by atoms with E-state index < -0.39 is 0 Å². The van der Waals surface area contributed by atoms with Crippen LogP contribution in [0.15, 0.2) is 18.2 Å². The molecule has 1 fully saturated rings. The van der Waals surface area contributed by atoms with Gasteiger partial charge in [0.2, 0.25) is 5.91 Å². The molecule has 1 atom stereocenters. The van der Waals surface area contributed by atoms with Gasteiger partial charge < -0.3 is 14.4 Å². The number of alkyl halides is 1. The Bertz CT molecular complexity index is 464. The molecule has 2 rings (SSSR count). The van der Waals surface area contributed by atoms with E-state index in [0.717, 1.165) is 36.4 Å². The van der Waals surface area contributed by atoms with Crippen molar-refractivity contribution >= 4 is 17.5 Å². The Morgan fingerprint density at radius 3 is 2.84 bits per heavy atom. The summed E-state index contributed by atoms with van der Waals surface area (Å²) in [6, 6.07) is 5.74. The molecule has 0 unspecified atom stereocenters. The third-order valence-corrected chi connectivity index (χ3v) is 3.72. The fourth-order valence-corrected chi connectivity index (χ4v) is 2.71. The van der Waals surface area contributed by atoms with Crippen LogP contribution in [0.4, 0.5) is 0 Å². The number of amides is 1. The van der Waals surface area contributed by atoms with E-state index in [0.29, 0.717) is 0 Å². The number of rotatable bonds is 4. The molecule has 1 aliphatic rings. The van der Waals surface area contributed by atoms with E-state index in [2.05, 4.69) is 0 Å². The van der Waals surface area contributed by atoms with Gasteiger partial charge in [-0.3, -0.25) is 4.79 Å². The summed E-state index contributed by atoms with van der Waals surface area (Å²) < 4.78 is 10.6. The molecule has 1 amide bonds. The van der Waals surface area contributed by atoms with Crippen LogP contribution in [-0.2, 0) is 4.79 Å². The van der Waals surface area contributed by atoms with Gasteiger partial charge in [-0.2, -0.15) is 0 Å². The number of hydrogen-bond donors (Lipinski definition) is 0. The number of nitrogens with zero attached hydrogens (tertiary/aromatic N) is 1. The molecule has 0 aliphatic carbocycles. The summed E-state index contributed by atoms with van der Waals surface area (Å²) in [5.41, 5.74) is 1.01. The Morgan fingerprint density at radius 1 is 1.42 bits per heavy atom. The van der Waals surface area contributed by atoms with E-state index in [1.807, 2.05) is 23.1 Å². The maximum atomic E-state index is 11.8. The van der Waals surface area contributed by atoms with Gasteiger partial charge in [-0.25, -0.2) is 0 Å². The lowest BCUT2D eigenvalue weighted by Crippen LogP contribution is -2.31. The molecule has 4 nitrogen and oxygen atoms in total. The summed E-state index contributed by atoms with van der Waals surface area (Å²) in [7, 11) is 3.24. The van der Waals surface area contributed by atoms with E-state index in [1.165, 1.54) is 0 Å². The van der Waals surface area contributed by atoms with Gasteiger partial charge in [-0.05, 0) is 25.0 Å². The summed E-state index contributed by atoms with van der Waals surface area (Å²) in [6.45, 7) is 0.755. The van der Waals surface area contributed by atoms with Crippen LogP contribution in [0, 0.1) is 0 Å². The van der Waals surface area contributed by atoms with Gasteiger partial charge in [-0.15, -0.1) is 11.6 Å². The molecule has 19 heavy (non-hydrogen) atoms. The zero-order valence-corrected chi connectivity index (χ0v) is 11.9. The first-order chi connectivity index (χ1) is 9.21. The van der Waals surface area contributed by atoms with Crippen molar-refractivity contribution in [3.05, 3.63) is 23.8 Å². The van der Waals surface area contributed by atoms with Crippen LogP contribution >= 0.6 is 11.6 Å². The van der Waals surface area contributed by atoms with Crippen LogP contribution in [0.1, 0.15) is 24.4 Å². The van der Waals surface area contributed by atoms with E-state index in [-0.39, 0.29) is 17.8 Å². The zero-order valence-electron chi connectivity index (χ0n) is 11.2. The zero-order chi connectivity index (χ0) is 13.8. The standard InChI is InChI=1S/C14H18ClNO3/c1-18-10-5-6-11(13(8-10)19-2)12-4-3-7-16(12)14(17)9-15/h5-6,8,12H,3-4,7,9H2,1-2H3/t12-/m1/s1. The molecule has 0 aromatic heterocycles. The van der Waals surface area contributed by atoms with E-state index >= 15 is 0 Å². The molecule has 1 heterocycles. The van der Waals surface area contributed by atoms with E-state index in [1.54, 1.807) is 14.2 Å². The lowest BCUT2D eigenvalue weighted by atomic mass is 10.0. The second kappa shape index (κ2) is 6.15. The highest BCUT2D eigenvalue weighted by molar-refractivity contribution is 6.27. The van der Waals surface area contributed by atoms with Gasteiger partial charge in [-0.1, -0.05) is 0 Å². The van der Waals surface area contributed by atoms with Crippen molar-refractivity contribution in [2.24, 2.45) is 0 Å². The van der Waals surface area contributed by atoms with Crippen LogP contribution in [0.25, 0.3) is 0 Å². The minimum Gasteiger partial charge on any atom is -0.497 e. The Morgan fingerprint density at radius 2 is 2.21 bits per heavy atom. The smallest absolute Gasteiger partial charge is 0.238 e. The summed E-state index contributed by atoms with van der Waals surface area (Å²) in [5.74, 6) is 1.49. The summed E-state index contributed by atoms with van der Waals surface area (Å²) in [6.07, 6.45) is 1.92. The Labute approximate surface area is 118 Å². The number of ether oxygens (including phenoxy) is 2. The van der Waals surface area contributed by atoms with Crippen molar-refractivity contribution in [3.63, 3.8) is 0 Å². The first-order valence-corrected chi connectivity index (χ1v) is 6.82. The number of likely N-dealkylation sites (tertiary alicyclic amines) is 1. The number of carbonyl (C=O) groups is 1. The fraction of sp³-hybridized carbons (Fsp3) is 0.500. The van der Waals surface area contributed by atoms with Gasteiger partial charge in [0, 0.05) is 18.2 Å². The van der Waals surface area contributed by atoms with E-state index in [9.17, 15) is 4.79 Å². The summed E-state index contributed by atoms with van der Waals surface area (Å²) >= 11 is 5.66. The van der Waals surface area contributed by atoms with Crippen molar-refractivity contribution in [3.8, 4) is 11.5 Å². The molecule has 1 saturated heterocycles. The highest BCUT2D eigenvalue weighted by atomic mass is 35.5. The average molecular weight is 284 g/mol. The van der Waals surface area contributed by atoms with Crippen LogP contribution < -0.4 is 9.47 Å². The molecule has 1 aromatic carbocycles. The van der Waals surface area contributed by atoms with Crippen molar-refractivity contribution in [2.45, 2.75) is 18.9 Å². The van der Waals surface area contributed by atoms with Crippen molar-refractivity contribution in [2.75, 3.05) is 26.6 Å². The second-order valence-corrected chi connectivity index (χ2v) is 4.75. The van der Waals surface area contributed by atoms with Crippen LogP contribution in [0.3, 0.4) is 0 Å². The topological polar surface area (TPSA) is 38.8 Å². The quantitative estimate of drug-likeness (QED) is 0.798. The first-order valence-electron chi connectivity index (χ1n) is 6.28. The molecule has 1 aliphatic heterocycles. The third-order valence-electron chi connectivity index (χ3n) is 3.49. The predicted octanol–water partition coefficient (Wildman–Crippen LogP) is 2.61. The van der Waals surface area contributed by atoms with Crippen molar-refractivity contribution in [1.82, 2.24) is 4.90 Å². The molecule has 0 radical (unpaired) electrons. The van der Waals surface area contributed by atoms with Gasteiger partial charge in [0.15, 0.2) is 0 Å². The highest BCUT2D eigenvalue weighted by Gasteiger charge is 2.31. The summed E-state index contributed by atoms with van der Waals surface area (Å²) in [4.78, 5) is 13.7. The number of methoxy groups -OCH3 is 2. The predicted molar refractivity (Wildman–Crippen MR) is 74.0 cm³/mol. The van der Waals surface area contributed by atoms with Gasteiger partial charge in [0.1, 0.15) is 17.4 Å². The highest BCUT2D eigenvalue weighted by Crippen LogP contribution is 2.38. The largest absolute Gasteiger partial charge is 0.497 e. The SMILES string of the molecule is COc1ccc([C@H]2CCCN2C(=O)CCl)c(OC)c1. The maximum Gasteiger partial charge on any atom is 0.238 e. The number of halogens is 1. The Hall–Kier alpha value is -1.42. The molecule has 0 saturated carbocycles. The van der Waals surface area contributed by atoms with E-state index in [4.69, 9.17) is 21.1 Å². The first kappa shape index (κ1) is 14.0. The normalized spacial score (nSPS) is 18.5. The molecule has 104 valence electrons. The van der Waals surface area contributed by atoms with Gasteiger partial charge in [0.05, 0.1) is 20.3 Å². The molecule has 0 bridgehead atoms. The number of hydrogen-bond acceptors (Lipinski definition) is 3.